The van der Waals surface area contributed by atoms with Gasteiger partial charge in [0, 0.05) is 31.7 Å². The van der Waals surface area contributed by atoms with E-state index in [-0.39, 0.29) is 13.2 Å². The fourth-order valence-corrected chi connectivity index (χ4v) is 2.67. The van der Waals surface area contributed by atoms with Crippen LogP contribution in [0.2, 0.25) is 0 Å². The monoisotopic (exact) mass is 231 g/mol. The summed E-state index contributed by atoms with van der Waals surface area (Å²) < 4.78 is 24.9. The minimum atomic E-state index is -1.88. The number of nitrogens with one attached hydrogen (secondary N) is 1. The first-order valence-electron chi connectivity index (χ1n) is 5.79. The highest BCUT2D eigenvalue weighted by atomic mass is 19.1. The lowest BCUT2D eigenvalue weighted by molar-refractivity contribution is -0.168. The molecule has 0 saturated carbocycles. The maximum absolute atomic E-state index is 14.8. The zero-order chi connectivity index (χ0) is 11.6. The van der Waals surface area contributed by atoms with E-state index in [1.165, 1.54) is 0 Å². The molecule has 2 aliphatic rings. The van der Waals surface area contributed by atoms with Gasteiger partial charge < -0.3 is 14.8 Å². The summed E-state index contributed by atoms with van der Waals surface area (Å²) in [4.78, 5) is 11.8. The molecule has 4 nitrogen and oxygen atoms in total. The van der Waals surface area contributed by atoms with E-state index in [0.717, 1.165) is 0 Å². The minimum Gasteiger partial charge on any atom is -0.464 e. The lowest BCUT2D eigenvalue weighted by atomic mass is 9.70. The number of carbonyl (C=O) groups is 1. The van der Waals surface area contributed by atoms with Crippen molar-refractivity contribution in [3.63, 3.8) is 0 Å². The summed E-state index contributed by atoms with van der Waals surface area (Å²) in [5.74, 6) is -0.720. The topological polar surface area (TPSA) is 47.6 Å². The maximum atomic E-state index is 14.8. The highest BCUT2D eigenvalue weighted by Crippen LogP contribution is 2.46. The molecule has 2 saturated heterocycles. The van der Waals surface area contributed by atoms with Gasteiger partial charge in [-0.2, -0.15) is 0 Å². The van der Waals surface area contributed by atoms with Gasteiger partial charge in [0.2, 0.25) is 5.67 Å². The molecule has 5 heteroatoms. The van der Waals surface area contributed by atoms with E-state index in [2.05, 4.69) is 5.32 Å². The van der Waals surface area contributed by atoms with Crippen LogP contribution in [0.3, 0.4) is 0 Å². The Morgan fingerprint density at radius 3 is 2.75 bits per heavy atom. The van der Waals surface area contributed by atoms with Crippen LogP contribution < -0.4 is 5.32 Å². The molecule has 2 rings (SSSR count). The summed E-state index contributed by atoms with van der Waals surface area (Å²) in [7, 11) is 0. The van der Waals surface area contributed by atoms with Gasteiger partial charge >= 0.3 is 5.97 Å². The van der Waals surface area contributed by atoms with Gasteiger partial charge in [-0.3, -0.25) is 0 Å². The molecular weight excluding hydrogens is 213 g/mol. The number of alkyl halides is 1. The van der Waals surface area contributed by atoms with E-state index in [0.29, 0.717) is 32.6 Å². The molecule has 2 fully saturated rings. The lowest BCUT2D eigenvalue weighted by Gasteiger charge is -2.40. The van der Waals surface area contributed by atoms with Crippen molar-refractivity contribution in [2.45, 2.75) is 25.4 Å². The molecule has 1 N–H and O–H groups in total. The number of halogens is 1. The molecule has 1 spiro atoms. The largest absolute Gasteiger partial charge is 0.464 e. The molecule has 1 unspecified atom stereocenters. The molecule has 0 amide bonds. The van der Waals surface area contributed by atoms with Gasteiger partial charge in [-0.15, -0.1) is 0 Å². The quantitative estimate of drug-likeness (QED) is 0.709. The smallest absolute Gasteiger partial charge is 0.345 e. The third kappa shape index (κ3) is 1.62. The fraction of sp³-hybridized carbons (Fsp3) is 0.909. The van der Waals surface area contributed by atoms with Crippen LogP contribution in [-0.4, -0.2) is 44.5 Å². The first kappa shape index (κ1) is 11.8. The average Bonchev–Trinajstić information content (AvgIpc) is 2.59. The van der Waals surface area contributed by atoms with Gasteiger partial charge in [0.25, 0.3) is 0 Å². The van der Waals surface area contributed by atoms with Crippen molar-refractivity contribution in [1.82, 2.24) is 5.32 Å². The zero-order valence-electron chi connectivity index (χ0n) is 9.55. The Balaban J connectivity index is 2.20. The first-order valence-corrected chi connectivity index (χ1v) is 5.79. The molecule has 0 aromatic carbocycles. The Labute approximate surface area is 94.5 Å². The predicted molar refractivity (Wildman–Crippen MR) is 55.8 cm³/mol. The second kappa shape index (κ2) is 4.30. The number of hydrogen-bond donors (Lipinski definition) is 1. The molecule has 0 aliphatic carbocycles. The lowest BCUT2D eigenvalue weighted by Crippen LogP contribution is -2.53. The van der Waals surface area contributed by atoms with Crippen LogP contribution in [0, 0.1) is 5.41 Å². The van der Waals surface area contributed by atoms with Crippen molar-refractivity contribution in [3.8, 4) is 0 Å². The third-order valence-corrected chi connectivity index (χ3v) is 3.72. The standard InChI is InChI=1S/C11H18FNO3/c1-2-16-9(14)11(12)8-13-7-10(11)3-5-15-6-4-10/h13H,2-8H2,1H3. The number of rotatable bonds is 2. The SMILES string of the molecule is CCOC(=O)C1(F)CNCC12CCOCC2. The average molecular weight is 231 g/mol. The Kier molecular flexibility index (Phi) is 3.17. The molecule has 2 aliphatic heterocycles. The van der Waals surface area contributed by atoms with Crippen molar-refractivity contribution < 1.29 is 18.7 Å². The Bertz CT molecular complexity index is 278. The Hall–Kier alpha value is -0.680. The predicted octanol–water partition coefficient (Wildman–Crippen LogP) is 0.658. The van der Waals surface area contributed by atoms with Crippen LogP contribution in [0.25, 0.3) is 0 Å². The summed E-state index contributed by atoms with van der Waals surface area (Å²) in [6.07, 6.45) is 1.16. The maximum Gasteiger partial charge on any atom is 0.345 e. The molecule has 0 aromatic rings. The minimum absolute atomic E-state index is 0.0613. The number of carbonyl (C=O) groups excluding carboxylic acids is 1. The van der Waals surface area contributed by atoms with Crippen molar-refractivity contribution >= 4 is 5.97 Å². The Morgan fingerprint density at radius 1 is 1.44 bits per heavy atom. The van der Waals surface area contributed by atoms with Crippen LogP contribution >= 0.6 is 0 Å². The van der Waals surface area contributed by atoms with Gasteiger partial charge in [0.1, 0.15) is 0 Å². The fourth-order valence-electron chi connectivity index (χ4n) is 2.67. The summed E-state index contributed by atoms with van der Waals surface area (Å²) in [6, 6.07) is 0. The second-order valence-electron chi connectivity index (χ2n) is 4.52. The molecular formula is C11H18FNO3. The van der Waals surface area contributed by atoms with Crippen LogP contribution in [0.4, 0.5) is 4.39 Å². The number of hydrogen-bond acceptors (Lipinski definition) is 4. The van der Waals surface area contributed by atoms with Gasteiger partial charge in [-0.1, -0.05) is 0 Å². The normalized spacial score (nSPS) is 32.9. The third-order valence-electron chi connectivity index (χ3n) is 3.72. The van der Waals surface area contributed by atoms with Crippen molar-refractivity contribution in [2.24, 2.45) is 5.41 Å². The van der Waals surface area contributed by atoms with E-state index in [1.54, 1.807) is 6.92 Å². The number of ether oxygens (including phenoxy) is 2. The van der Waals surface area contributed by atoms with E-state index in [4.69, 9.17) is 9.47 Å². The molecule has 0 radical (unpaired) electrons. The second-order valence-corrected chi connectivity index (χ2v) is 4.52. The molecule has 2 heterocycles. The van der Waals surface area contributed by atoms with Crippen LogP contribution in [-0.2, 0) is 14.3 Å². The summed E-state index contributed by atoms with van der Waals surface area (Å²) in [5, 5.41) is 2.98. The van der Waals surface area contributed by atoms with Gasteiger partial charge in [0.15, 0.2) is 0 Å². The van der Waals surface area contributed by atoms with Crippen molar-refractivity contribution in [3.05, 3.63) is 0 Å². The van der Waals surface area contributed by atoms with Crippen LogP contribution in [0.1, 0.15) is 19.8 Å². The van der Waals surface area contributed by atoms with Gasteiger partial charge in [-0.05, 0) is 19.8 Å². The van der Waals surface area contributed by atoms with Gasteiger partial charge in [-0.25, -0.2) is 9.18 Å². The molecule has 0 bridgehead atoms. The number of esters is 1. The highest BCUT2D eigenvalue weighted by molar-refractivity contribution is 5.81. The van der Waals surface area contributed by atoms with Crippen LogP contribution in [0.5, 0.6) is 0 Å². The van der Waals surface area contributed by atoms with E-state index in [1.807, 2.05) is 0 Å². The van der Waals surface area contributed by atoms with Crippen LogP contribution in [0.15, 0.2) is 0 Å². The van der Waals surface area contributed by atoms with Crippen molar-refractivity contribution in [1.29, 1.82) is 0 Å². The summed E-state index contributed by atoms with van der Waals surface area (Å²) in [6.45, 7) is 3.55. The van der Waals surface area contributed by atoms with Crippen molar-refractivity contribution in [2.75, 3.05) is 32.9 Å². The first-order chi connectivity index (χ1) is 7.65. The van der Waals surface area contributed by atoms with Gasteiger partial charge in [0.05, 0.1) is 6.61 Å². The summed E-state index contributed by atoms with van der Waals surface area (Å²) >= 11 is 0. The molecule has 16 heavy (non-hydrogen) atoms. The van der Waals surface area contributed by atoms with E-state index < -0.39 is 17.1 Å². The van der Waals surface area contributed by atoms with E-state index >= 15 is 0 Å². The molecule has 0 aromatic heterocycles. The molecule has 1 atom stereocenters. The highest BCUT2D eigenvalue weighted by Gasteiger charge is 2.61. The Morgan fingerprint density at radius 2 is 2.12 bits per heavy atom. The summed E-state index contributed by atoms with van der Waals surface area (Å²) in [5.41, 5.74) is -2.51. The van der Waals surface area contributed by atoms with E-state index in [9.17, 15) is 9.18 Å². The molecule has 92 valence electrons. The zero-order valence-corrected chi connectivity index (χ0v) is 9.55.